The van der Waals surface area contributed by atoms with Crippen LogP contribution in [0.15, 0.2) is 47.5 Å². The number of carbonyl (C=O) groups excluding carboxylic acids is 1. The Labute approximate surface area is 171 Å². The highest BCUT2D eigenvalue weighted by Crippen LogP contribution is 2.31. The highest BCUT2D eigenvalue weighted by atomic mass is 32.2. The van der Waals surface area contributed by atoms with Crippen LogP contribution >= 0.6 is 0 Å². The quantitative estimate of drug-likeness (QED) is 0.776. The Morgan fingerprint density at radius 1 is 1.03 bits per heavy atom. The second-order valence-corrected chi connectivity index (χ2v) is 9.58. The lowest BCUT2D eigenvalue weighted by atomic mass is 10.2. The van der Waals surface area contributed by atoms with Crippen LogP contribution < -0.4 is 5.32 Å². The molecule has 0 unspecified atom stereocenters. The predicted octanol–water partition coefficient (Wildman–Crippen LogP) is 1.94. The molecule has 29 heavy (non-hydrogen) atoms. The predicted molar refractivity (Wildman–Crippen MR) is 110 cm³/mol. The molecule has 2 fully saturated rings. The number of benzene rings is 1. The Balaban J connectivity index is 1.30. The Bertz CT molecular complexity index is 930. The molecule has 0 spiro atoms. The van der Waals surface area contributed by atoms with E-state index in [1.165, 1.54) is 17.1 Å². The molecule has 1 amide bonds. The van der Waals surface area contributed by atoms with Crippen molar-refractivity contribution < 1.29 is 13.2 Å². The minimum absolute atomic E-state index is 0.0934. The van der Waals surface area contributed by atoms with E-state index >= 15 is 0 Å². The van der Waals surface area contributed by atoms with Crippen molar-refractivity contribution in [2.24, 2.45) is 0 Å². The van der Waals surface area contributed by atoms with Crippen molar-refractivity contribution >= 4 is 21.7 Å². The van der Waals surface area contributed by atoms with Crippen LogP contribution in [0.5, 0.6) is 0 Å². The average Bonchev–Trinajstić information content (AvgIpc) is 3.41. The molecule has 0 radical (unpaired) electrons. The van der Waals surface area contributed by atoms with E-state index < -0.39 is 10.0 Å². The second kappa shape index (κ2) is 8.64. The number of anilines is 1. The largest absolute Gasteiger partial charge is 0.310 e. The van der Waals surface area contributed by atoms with Gasteiger partial charge in [-0.3, -0.25) is 9.69 Å². The van der Waals surface area contributed by atoms with Crippen LogP contribution in [0, 0.1) is 0 Å². The molecule has 1 aromatic carbocycles. The molecule has 2 heterocycles. The van der Waals surface area contributed by atoms with E-state index in [9.17, 15) is 13.2 Å². The number of piperazine rings is 1. The van der Waals surface area contributed by atoms with Gasteiger partial charge >= 0.3 is 0 Å². The van der Waals surface area contributed by atoms with Gasteiger partial charge in [0.1, 0.15) is 5.82 Å². The number of aromatic nitrogens is 2. The van der Waals surface area contributed by atoms with Gasteiger partial charge in [0.2, 0.25) is 15.9 Å². The van der Waals surface area contributed by atoms with Crippen LogP contribution in [0.4, 0.5) is 5.82 Å². The van der Waals surface area contributed by atoms with Crippen molar-refractivity contribution in [3.05, 3.63) is 42.6 Å². The molecule has 9 heteroatoms. The standard InChI is InChI=1S/C20H27N5O3S/c26-20(22-19-10-11-21-25(19)17-6-4-5-7-17)16-23-12-14-24(15-13-23)29(27,28)18-8-2-1-3-9-18/h1-3,8-11,17H,4-7,12-16H2,(H,22,26). The molecule has 8 nitrogen and oxygen atoms in total. The van der Waals surface area contributed by atoms with Crippen LogP contribution in [-0.4, -0.2) is 66.0 Å². The van der Waals surface area contributed by atoms with Crippen molar-refractivity contribution in [2.75, 3.05) is 38.0 Å². The topological polar surface area (TPSA) is 87.5 Å². The highest BCUT2D eigenvalue weighted by molar-refractivity contribution is 7.89. The lowest BCUT2D eigenvalue weighted by Gasteiger charge is -2.33. The van der Waals surface area contributed by atoms with Crippen LogP contribution in [0.2, 0.25) is 0 Å². The lowest BCUT2D eigenvalue weighted by Crippen LogP contribution is -2.50. The van der Waals surface area contributed by atoms with Crippen molar-refractivity contribution in [2.45, 2.75) is 36.6 Å². The summed E-state index contributed by atoms with van der Waals surface area (Å²) < 4.78 is 28.8. The zero-order valence-corrected chi connectivity index (χ0v) is 17.2. The Morgan fingerprint density at radius 3 is 2.41 bits per heavy atom. The number of nitrogens with one attached hydrogen (secondary N) is 1. The van der Waals surface area contributed by atoms with Gasteiger partial charge in [0, 0.05) is 32.2 Å². The smallest absolute Gasteiger partial charge is 0.243 e. The third-order valence-electron chi connectivity index (χ3n) is 5.69. The van der Waals surface area contributed by atoms with E-state index in [4.69, 9.17) is 0 Å². The normalized spacial score (nSPS) is 19.4. The van der Waals surface area contributed by atoms with E-state index in [0.717, 1.165) is 18.7 Å². The molecule has 156 valence electrons. The first kappa shape index (κ1) is 20.1. The first-order chi connectivity index (χ1) is 14.0. The summed E-state index contributed by atoms with van der Waals surface area (Å²) in [5, 5.41) is 7.35. The number of hydrogen-bond acceptors (Lipinski definition) is 5. The van der Waals surface area contributed by atoms with Gasteiger partial charge in [-0.05, 0) is 25.0 Å². The molecule has 1 N–H and O–H groups in total. The molecule has 0 bridgehead atoms. The molecule has 4 rings (SSSR count). The monoisotopic (exact) mass is 417 g/mol. The fourth-order valence-corrected chi connectivity index (χ4v) is 5.55. The molecule has 1 aromatic heterocycles. The van der Waals surface area contributed by atoms with Gasteiger partial charge in [-0.1, -0.05) is 31.0 Å². The fraction of sp³-hybridized carbons (Fsp3) is 0.500. The van der Waals surface area contributed by atoms with Crippen LogP contribution in [0.3, 0.4) is 0 Å². The maximum atomic E-state index is 12.7. The summed E-state index contributed by atoms with van der Waals surface area (Å²) in [4.78, 5) is 14.8. The molecular formula is C20H27N5O3S. The molecule has 2 aromatic rings. The maximum absolute atomic E-state index is 12.7. The van der Waals surface area contributed by atoms with E-state index in [0.29, 0.717) is 37.1 Å². The maximum Gasteiger partial charge on any atom is 0.243 e. The first-order valence-corrected chi connectivity index (χ1v) is 11.6. The zero-order chi connectivity index (χ0) is 20.3. The van der Waals surface area contributed by atoms with Crippen molar-refractivity contribution in [1.82, 2.24) is 19.0 Å². The van der Waals surface area contributed by atoms with E-state index in [2.05, 4.69) is 10.4 Å². The number of rotatable bonds is 6. The highest BCUT2D eigenvalue weighted by Gasteiger charge is 2.29. The van der Waals surface area contributed by atoms with Gasteiger partial charge in [0.25, 0.3) is 0 Å². The minimum Gasteiger partial charge on any atom is -0.310 e. The Kier molecular flexibility index (Phi) is 5.98. The molecule has 1 aliphatic carbocycles. The number of carbonyl (C=O) groups is 1. The van der Waals surface area contributed by atoms with Crippen LogP contribution in [-0.2, 0) is 14.8 Å². The lowest BCUT2D eigenvalue weighted by molar-refractivity contribution is -0.117. The minimum atomic E-state index is -3.48. The summed E-state index contributed by atoms with van der Waals surface area (Å²) in [5.41, 5.74) is 0. The average molecular weight is 418 g/mol. The molecule has 1 saturated carbocycles. The number of nitrogens with zero attached hydrogens (tertiary/aromatic N) is 4. The van der Waals surface area contributed by atoms with Gasteiger partial charge in [-0.2, -0.15) is 9.40 Å². The Morgan fingerprint density at radius 2 is 1.72 bits per heavy atom. The van der Waals surface area contributed by atoms with Crippen molar-refractivity contribution in [3.8, 4) is 0 Å². The van der Waals surface area contributed by atoms with Crippen molar-refractivity contribution in [3.63, 3.8) is 0 Å². The molecule has 1 saturated heterocycles. The number of sulfonamides is 1. The summed E-state index contributed by atoms with van der Waals surface area (Å²) in [5.74, 6) is 0.649. The summed E-state index contributed by atoms with van der Waals surface area (Å²) in [7, 11) is -3.48. The molecule has 1 aliphatic heterocycles. The van der Waals surface area contributed by atoms with Crippen LogP contribution in [0.25, 0.3) is 0 Å². The van der Waals surface area contributed by atoms with Gasteiger partial charge < -0.3 is 5.32 Å². The fourth-order valence-electron chi connectivity index (χ4n) is 4.11. The van der Waals surface area contributed by atoms with Gasteiger partial charge in [-0.25, -0.2) is 13.1 Å². The SMILES string of the molecule is O=C(CN1CCN(S(=O)(=O)c2ccccc2)CC1)Nc1ccnn1C1CCCC1. The Hall–Kier alpha value is -2.23. The third-order valence-corrected chi connectivity index (χ3v) is 7.60. The summed E-state index contributed by atoms with van der Waals surface area (Å²) in [6.45, 7) is 2.06. The van der Waals surface area contributed by atoms with Crippen LogP contribution in [0.1, 0.15) is 31.7 Å². The van der Waals surface area contributed by atoms with Gasteiger partial charge in [0.05, 0.1) is 23.7 Å². The summed E-state index contributed by atoms with van der Waals surface area (Å²) in [6.07, 6.45) is 6.33. The summed E-state index contributed by atoms with van der Waals surface area (Å²) in [6, 6.07) is 10.7. The number of hydrogen-bond donors (Lipinski definition) is 1. The van der Waals surface area contributed by atoms with Gasteiger partial charge in [0.15, 0.2) is 0 Å². The second-order valence-electron chi connectivity index (χ2n) is 7.64. The number of amides is 1. The first-order valence-electron chi connectivity index (χ1n) is 10.1. The molecular weight excluding hydrogens is 390 g/mol. The molecule has 0 atom stereocenters. The van der Waals surface area contributed by atoms with Crippen molar-refractivity contribution in [1.29, 1.82) is 0 Å². The van der Waals surface area contributed by atoms with E-state index in [1.807, 2.05) is 15.6 Å². The third kappa shape index (κ3) is 4.52. The van der Waals surface area contributed by atoms with E-state index in [-0.39, 0.29) is 12.5 Å². The summed E-state index contributed by atoms with van der Waals surface area (Å²) >= 11 is 0. The van der Waals surface area contributed by atoms with Gasteiger partial charge in [-0.15, -0.1) is 0 Å². The zero-order valence-electron chi connectivity index (χ0n) is 16.4. The molecule has 2 aliphatic rings. The van der Waals surface area contributed by atoms with E-state index in [1.54, 1.807) is 36.5 Å².